The van der Waals surface area contributed by atoms with E-state index in [0.717, 1.165) is 10.7 Å². The van der Waals surface area contributed by atoms with Gasteiger partial charge in [0.25, 0.3) is 11.8 Å². The van der Waals surface area contributed by atoms with Crippen LogP contribution in [-0.2, 0) is 12.4 Å². The number of alkyl halides is 6. The number of hydrogen-bond donors (Lipinski definition) is 3. The summed E-state index contributed by atoms with van der Waals surface area (Å²) in [6.45, 7) is 8.74. The summed E-state index contributed by atoms with van der Waals surface area (Å²) in [5.74, 6) is -2.53. The molecule has 0 unspecified atom stereocenters. The average molecular weight is 671 g/mol. The molecular formula is C29H29ClF6N8O2. The topological polar surface area (TPSA) is 137 Å². The SMILES string of the molecule is CC.CC/C=N\C(=C(/C)Cl)n1nc(Nc2cc(C(F)(F)F)c(C(F)(F)F)cn2)cc1C(=O)Nc1c(C)cc(C#N)cc1C(=O)NC. The summed E-state index contributed by atoms with van der Waals surface area (Å²) >= 11 is 6.22. The Morgan fingerprint density at radius 2 is 1.67 bits per heavy atom. The summed E-state index contributed by atoms with van der Waals surface area (Å²) in [5.41, 5.74) is -3.75. The number of nitrogens with zero attached hydrogens (tertiary/aromatic N) is 5. The Balaban J connectivity index is 0.00000361. The van der Waals surface area contributed by atoms with Gasteiger partial charge >= 0.3 is 12.4 Å². The van der Waals surface area contributed by atoms with Crippen LogP contribution in [0.4, 0.5) is 43.7 Å². The molecular weight excluding hydrogens is 642 g/mol. The van der Waals surface area contributed by atoms with Crippen LogP contribution in [-0.4, -0.2) is 39.8 Å². The Labute approximate surface area is 265 Å². The maximum atomic E-state index is 13.6. The molecule has 3 aromatic rings. The van der Waals surface area contributed by atoms with E-state index in [9.17, 15) is 41.2 Å². The monoisotopic (exact) mass is 670 g/mol. The molecule has 0 bridgehead atoms. The second-order valence-electron chi connectivity index (χ2n) is 9.00. The molecule has 0 saturated carbocycles. The van der Waals surface area contributed by atoms with Crippen molar-refractivity contribution in [3.63, 3.8) is 0 Å². The standard InChI is InChI=1S/C27H23ClF6N8O2.C2H6/c1-5-6-37-23(14(3)28)42-19(25(44)40-22-13(2)7-15(11-35)8-16(22)24(43)36-4)10-21(41-42)39-20-9-17(26(29,30)31)18(12-38-20)27(32,33)34;1-2/h6-10,12H,5H2,1-4H3,(H,36,43)(H,40,44)(H,38,39,41);1-2H3/b23-14-,37-6-;. The van der Waals surface area contributed by atoms with Gasteiger partial charge in [-0.2, -0.15) is 31.6 Å². The maximum Gasteiger partial charge on any atom is 0.418 e. The highest BCUT2D eigenvalue weighted by atomic mass is 35.5. The second-order valence-corrected chi connectivity index (χ2v) is 9.57. The molecule has 246 valence electrons. The molecule has 17 heteroatoms. The van der Waals surface area contributed by atoms with E-state index in [0.29, 0.717) is 12.0 Å². The van der Waals surface area contributed by atoms with Crippen LogP contribution in [0.15, 0.2) is 40.5 Å². The van der Waals surface area contributed by atoms with Gasteiger partial charge in [-0.25, -0.2) is 14.7 Å². The Kier molecular flexibility index (Phi) is 12.5. The first-order valence-electron chi connectivity index (χ1n) is 13.5. The fourth-order valence-electron chi connectivity index (χ4n) is 3.86. The minimum Gasteiger partial charge on any atom is -0.355 e. The summed E-state index contributed by atoms with van der Waals surface area (Å²) in [7, 11) is 1.35. The number of pyridine rings is 1. The van der Waals surface area contributed by atoms with Crippen LogP contribution in [0.1, 0.15) is 77.2 Å². The molecule has 0 aliphatic carbocycles. The third-order valence-electron chi connectivity index (χ3n) is 5.79. The first-order chi connectivity index (χ1) is 21.5. The van der Waals surface area contributed by atoms with Crippen LogP contribution in [0.25, 0.3) is 5.82 Å². The molecule has 0 atom stereocenters. The number of aliphatic imine (C=N–C) groups is 1. The zero-order valence-electron chi connectivity index (χ0n) is 25.4. The van der Waals surface area contributed by atoms with Gasteiger partial charge in [0.1, 0.15) is 11.5 Å². The summed E-state index contributed by atoms with van der Waals surface area (Å²) in [6.07, 6.45) is -8.77. The highest BCUT2D eigenvalue weighted by Crippen LogP contribution is 2.41. The number of hydrogen-bond acceptors (Lipinski definition) is 7. The molecule has 3 rings (SSSR count). The quantitative estimate of drug-likeness (QED) is 0.166. The zero-order valence-corrected chi connectivity index (χ0v) is 26.1. The molecule has 0 aliphatic rings. The van der Waals surface area contributed by atoms with Crippen molar-refractivity contribution >= 4 is 52.8 Å². The fraction of sp³-hybridized carbons (Fsp3) is 0.310. The highest BCUT2D eigenvalue weighted by molar-refractivity contribution is 6.31. The number of anilines is 3. The van der Waals surface area contributed by atoms with Gasteiger partial charge < -0.3 is 16.0 Å². The van der Waals surface area contributed by atoms with Crippen LogP contribution in [0.3, 0.4) is 0 Å². The van der Waals surface area contributed by atoms with E-state index in [-0.39, 0.29) is 51.4 Å². The number of aryl methyl sites for hydroxylation is 1. The molecule has 0 aliphatic heterocycles. The van der Waals surface area contributed by atoms with Gasteiger partial charge in [-0.3, -0.25) is 9.59 Å². The highest BCUT2D eigenvalue weighted by Gasteiger charge is 2.43. The molecule has 10 nitrogen and oxygen atoms in total. The van der Waals surface area contributed by atoms with E-state index in [4.69, 9.17) is 11.6 Å². The van der Waals surface area contributed by atoms with Crippen LogP contribution >= 0.6 is 11.6 Å². The summed E-state index contributed by atoms with van der Waals surface area (Å²) < 4.78 is 81.0. The molecule has 0 saturated heterocycles. The number of nitriles is 1. The first-order valence-corrected chi connectivity index (χ1v) is 13.9. The number of aromatic nitrogens is 3. The lowest BCUT2D eigenvalue weighted by Crippen LogP contribution is -2.23. The second kappa shape index (κ2) is 15.4. The molecule has 2 aromatic heterocycles. The van der Waals surface area contributed by atoms with E-state index in [2.05, 4.69) is 31.0 Å². The number of benzene rings is 1. The molecule has 0 radical (unpaired) electrons. The van der Waals surface area contributed by atoms with Gasteiger partial charge in [0.15, 0.2) is 11.6 Å². The third kappa shape index (κ3) is 8.84. The number of allylic oxidation sites excluding steroid dienone is 1. The summed E-state index contributed by atoms with van der Waals surface area (Å²) in [5, 5.41) is 20.9. The molecule has 2 heterocycles. The summed E-state index contributed by atoms with van der Waals surface area (Å²) in [4.78, 5) is 33.8. The predicted octanol–water partition coefficient (Wildman–Crippen LogP) is 7.74. The molecule has 1 aromatic carbocycles. The van der Waals surface area contributed by atoms with Crippen LogP contribution in [0.2, 0.25) is 0 Å². The smallest absolute Gasteiger partial charge is 0.355 e. The lowest BCUT2D eigenvalue weighted by Gasteiger charge is -2.16. The van der Waals surface area contributed by atoms with Gasteiger partial charge in [0, 0.05) is 25.5 Å². The van der Waals surface area contributed by atoms with E-state index < -0.39 is 41.1 Å². The molecule has 2 amide bonds. The van der Waals surface area contributed by atoms with Crippen molar-refractivity contribution in [2.24, 2.45) is 4.99 Å². The van der Waals surface area contributed by atoms with Crippen LogP contribution in [0, 0.1) is 18.3 Å². The van der Waals surface area contributed by atoms with Crippen molar-refractivity contribution in [2.75, 3.05) is 17.7 Å². The van der Waals surface area contributed by atoms with E-state index in [1.807, 2.05) is 19.9 Å². The average Bonchev–Trinajstić information content (AvgIpc) is 3.40. The van der Waals surface area contributed by atoms with E-state index >= 15 is 0 Å². The van der Waals surface area contributed by atoms with Gasteiger partial charge in [-0.15, -0.1) is 5.10 Å². The molecule has 0 spiro atoms. The predicted molar refractivity (Wildman–Crippen MR) is 162 cm³/mol. The van der Waals surface area contributed by atoms with Crippen molar-refractivity contribution in [3.05, 3.63) is 69.0 Å². The number of amides is 2. The van der Waals surface area contributed by atoms with Gasteiger partial charge in [0.2, 0.25) is 0 Å². The van der Waals surface area contributed by atoms with Gasteiger partial charge in [0.05, 0.1) is 39.0 Å². The van der Waals surface area contributed by atoms with E-state index in [1.165, 1.54) is 32.3 Å². The van der Waals surface area contributed by atoms with Crippen molar-refractivity contribution in [1.82, 2.24) is 20.1 Å². The molecule has 3 N–H and O–H groups in total. The molecule has 0 fully saturated rings. The molecule has 46 heavy (non-hydrogen) atoms. The Hall–Kier alpha value is -4.91. The van der Waals surface area contributed by atoms with Crippen LogP contribution < -0.4 is 16.0 Å². The fourth-order valence-corrected chi connectivity index (χ4v) is 3.99. The van der Waals surface area contributed by atoms with Crippen molar-refractivity contribution in [3.8, 4) is 6.07 Å². The minimum absolute atomic E-state index is 0.0313. The van der Waals surface area contributed by atoms with Crippen molar-refractivity contribution < 1.29 is 35.9 Å². The van der Waals surface area contributed by atoms with Gasteiger partial charge in [-0.1, -0.05) is 32.4 Å². The largest absolute Gasteiger partial charge is 0.418 e. The third-order valence-corrected chi connectivity index (χ3v) is 5.96. The summed E-state index contributed by atoms with van der Waals surface area (Å²) in [6, 6.07) is 5.85. The minimum atomic E-state index is -5.36. The normalized spacial score (nSPS) is 12.1. The maximum absolute atomic E-state index is 13.6. The van der Waals surface area contributed by atoms with Crippen LogP contribution in [0.5, 0.6) is 0 Å². The number of carbonyl (C=O) groups is 2. The first kappa shape index (κ1) is 37.3. The van der Waals surface area contributed by atoms with Crippen molar-refractivity contribution in [2.45, 2.75) is 53.4 Å². The number of carbonyl (C=O) groups excluding carboxylic acids is 2. The Morgan fingerprint density at radius 3 is 2.20 bits per heavy atom. The van der Waals surface area contributed by atoms with E-state index in [1.54, 1.807) is 13.8 Å². The number of halogens is 7. The Bertz CT molecular complexity index is 1700. The lowest BCUT2D eigenvalue weighted by molar-refractivity contribution is -0.162. The zero-order chi connectivity index (χ0) is 35.0. The van der Waals surface area contributed by atoms with Gasteiger partial charge in [-0.05, 0) is 44.0 Å². The number of nitrogens with one attached hydrogen (secondary N) is 3. The lowest BCUT2D eigenvalue weighted by atomic mass is 10.0. The van der Waals surface area contributed by atoms with Crippen molar-refractivity contribution in [1.29, 1.82) is 5.26 Å². The Morgan fingerprint density at radius 1 is 1.04 bits per heavy atom. The number of rotatable bonds is 8.